The van der Waals surface area contributed by atoms with Crippen LogP contribution >= 0.6 is 0 Å². The highest BCUT2D eigenvalue weighted by molar-refractivity contribution is 5.60. The molecule has 1 aromatic heterocycles. The van der Waals surface area contributed by atoms with Gasteiger partial charge in [-0.2, -0.15) is 15.4 Å². The summed E-state index contributed by atoms with van der Waals surface area (Å²) < 4.78 is 0. The minimum Gasteiger partial charge on any atom is -0.308 e. The molecule has 0 saturated heterocycles. The fourth-order valence-electron chi connectivity index (χ4n) is 2.93. The van der Waals surface area contributed by atoms with E-state index in [0.717, 1.165) is 23.5 Å². The Kier molecular flexibility index (Phi) is 4.43. The number of hydrogen-bond donors (Lipinski definition) is 2. The van der Waals surface area contributed by atoms with Crippen LogP contribution in [-0.2, 0) is 6.54 Å². The van der Waals surface area contributed by atoms with Crippen molar-refractivity contribution < 1.29 is 0 Å². The van der Waals surface area contributed by atoms with Gasteiger partial charge in [-0.05, 0) is 12.8 Å². The summed E-state index contributed by atoms with van der Waals surface area (Å²) in [6.45, 7) is 0.797. The summed E-state index contributed by atoms with van der Waals surface area (Å²) in [4.78, 5) is 0. The average molecular weight is 270 g/mol. The van der Waals surface area contributed by atoms with Crippen LogP contribution in [0.5, 0.6) is 0 Å². The van der Waals surface area contributed by atoms with E-state index < -0.39 is 0 Å². The molecule has 4 heteroatoms. The Labute approximate surface area is 120 Å². The monoisotopic (exact) mass is 270 g/mol. The Bertz CT molecular complexity index is 512. The molecule has 0 unspecified atom stereocenters. The fourth-order valence-corrected chi connectivity index (χ4v) is 2.93. The Morgan fingerprint density at radius 1 is 1.00 bits per heavy atom. The zero-order valence-electron chi connectivity index (χ0n) is 11.8. The van der Waals surface area contributed by atoms with Gasteiger partial charge in [0, 0.05) is 18.2 Å². The highest BCUT2D eigenvalue weighted by Crippen LogP contribution is 2.20. The second-order valence-corrected chi connectivity index (χ2v) is 5.55. The Morgan fingerprint density at radius 2 is 1.75 bits per heavy atom. The SMILES string of the molecule is c1ccc(-c2n[nH]nc2CNC2CCCCCC2)cc1. The summed E-state index contributed by atoms with van der Waals surface area (Å²) in [6.07, 6.45) is 8.05. The minimum absolute atomic E-state index is 0.637. The van der Waals surface area contributed by atoms with Crippen LogP contribution in [0.2, 0.25) is 0 Å². The molecule has 0 amide bonds. The van der Waals surface area contributed by atoms with E-state index in [1.165, 1.54) is 38.5 Å². The zero-order valence-corrected chi connectivity index (χ0v) is 11.8. The minimum atomic E-state index is 0.637. The number of nitrogens with zero attached hydrogens (tertiary/aromatic N) is 2. The van der Waals surface area contributed by atoms with Crippen molar-refractivity contribution >= 4 is 0 Å². The maximum absolute atomic E-state index is 4.30. The number of hydrogen-bond acceptors (Lipinski definition) is 3. The van der Waals surface area contributed by atoms with Gasteiger partial charge in [-0.1, -0.05) is 56.0 Å². The quantitative estimate of drug-likeness (QED) is 0.838. The Hall–Kier alpha value is -1.68. The van der Waals surface area contributed by atoms with Gasteiger partial charge >= 0.3 is 0 Å². The van der Waals surface area contributed by atoms with Crippen molar-refractivity contribution in [3.05, 3.63) is 36.0 Å². The van der Waals surface area contributed by atoms with E-state index in [2.05, 4.69) is 32.9 Å². The molecule has 3 rings (SSSR count). The van der Waals surface area contributed by atoms with Crippen molar-refractivity contribution in [1.29, 1.82) is 0 Å². The van der Waals surface area contributed by atoms with Crippen LogP contribution in [0, 0.1) is 0 Å². The first-order chi connectivity index (χ1) is 9.93. The molecule has 1 aromatic carbocycles. The largest absolute Gasteiger partial charge is 0.308 e. The van der Waals surface area contributed by atoms with Crippen LogP contribution < -0.4 is 5.32 Å². The summed E-state index contributed by atoms with van der Waals surface area (Å²) in [7, 11) is 0. The molecular weight excluding hydrogens is 248 g/mol. The molecule has 1 aliphatic rings. The van der Waals surface area contributed by atoms with Gasteiger partial charge in [0.05, 0.1) is 0 Å². The summed E-state index contributed by atoms with van der Waals surface area (Å²) in [5.41, 5.74) is 3.10. The summed E-state index contributed by atoms with van der Waals surface area (Å²) >= 11 is 0. The Morgan fingerprint density at radius 3 is 2.50 bits per heavy atom. The molecule has 20 heavy (non-hydrogen) atoms. The third-order valence-electron chi connectivity index (χ3n) is 4.08. The van der Waals surface area contributed by atoms with Crippen molar-refractivity contribution in [2.45, 2.75) is 51.1 Å². The van der Waals surface area contributed by atoms with E-state index >= 15 is 0 Å². The number of H-pyrrole nitrogens is 1. The van der Waals surface area contributed by atoms with Gasteiger partial charge in [-0.25, -0.2) is 0 Å². The highest BCUT2D eigenvalue weighted by atomic mass is 15.3. The van der Waals surface area contributed by atoms with E-state index in [1.54, 1.807) is 0 Å². The van der Waals surface area contributed by atoms with E-state index in [9.17, 15) is 0 Å². The van der Waals surface area contributed by atoms with Crippen molar-refractivity contribution in [1.82, 2.24) is 20.7 Å². The van der Waals surface area contributed by atoms with Gasteiger partial charge in [0.15, 0.2) is 0 Å². The molecule has 2 N–H and O–H groups in total. The summed E-state index contributed by atoms with van der Waals surface area (Å²) in [6, 6.07) is 10.9. The number of rotatable bonds is 4. The highest BCUT2D eigenvalue weighted by Gasteiger charge is 2.14. The number of aromatic nitrogens is 3. The Balaban J connectivity index is 1.65. The van der Waals surface area contributed by atoms with Crippen LogP contribution in [0.15, 0.2) is 30.3 Å². The second-order valence-electron chi connectivity index (χ2n) is 5.55. The van der Waals surface area contributed by atoms with Crippen LogP contribution in [0.3, 0.4) is 0 Å². The number of aromatic amines is 1. The lowest BCUT2D eigenvalue weighted by Crippen LogP contribution is -2.28. The van der Waals surface area contributed by atoms with Crippen molar-refractivity contribution in [3.8, 4) is 11.3 Å². The molecule has 1 heterocycles. The lowest BCUT2D eigenvalue weighted by atomic mass is 10.1. The van der Waals surface area contributed by atoms with E-state index in [1.807, 2.05) is 18.2 Å². The van der Waals surface area contributed by atoms with E-state index in [4.69, 9.17) is 0 Å². The summed E-state index contributed by atoms with van der Waals surface area (Å²) in [5, 5.41) is 15.0. The number of benzene rings is 1. The average Bonchev–Trinajstić information content (AvgIpc) is 2.81. The maximum atomic E-state index is 4.30. The summed E-state index contributed by atoms with van der Waals surface area (Å²) in [5.74, 6) is 0. The third kappa shape index (κ3) is 3.25. The van der Waals surface area contributed by atoms with Crippen molar-refractivity contribution in [3.63, 3.8) is 0 Å². The number of nitrogens with one attached hydrogen (secondary N) is 2. The van der Waals surface area contributed by atoms with Gasteiger partial charge in [-0.15, -0.1) is 0 Å². The van der Waals surface area contributed by atoms with Gasteiger partial charge in [0.2, 0.25) is 0 Å². The molecule has 0 radical (unpaired) electrons. The molecule has 1 saturated carbocycles. The lowest BCUT2D eigenvalue weighted by Gasteiger charge is -2.15. The molecular formula is C16H22N4. The van der Waals surface area contributed by atoms with Gasteiger partial charge in [0.25, 0.3) is 0 Å². The first kappa shape index (κ1) is 13.3. The molecule has 1 aliphatic carbocycles. The maximum Gasteiger partial charge on any atom is 0.117 e. The van der Waals surface area contributed by atoms with Gasteiger partial charge in [0.1, 0.15) is 11.4 Å². The molecule has 0 bridgehead atoms. The molecule has 0 aliphatic heterocycles. The smallest absolute Gasteiger partial charge is 0.117 e. The predicted octanol–water partition coefficient (Wildman–Crippen LogP) is 3.28. The predicted molar refractivity (Wildman–Crippen MR) is 80.1 cm³/mol. The fraction of sp³-hybridized carbons (Fsp3) is 0.500. The second kappa shape index (κ2) is 6.66. The van der Waals surface area contributed by atoms with Gasteiger partial charge in [-0.3, -0.25) is 0 Å². The topological polar surface area (TPSA) is 53.6 Å². The standard InChI is InChI=1S/C16H22N4/c1-2-7-11-14(10-6-1)17-12-15-16(19-20-18-15)13-8-4-3-5-9-13/h3-5,8-9,14,17H,1-2,6-7,10-12H2,(H,18,19,20). The van der Waals surface area contributed by atoms with Crippen molar-refractivity contribution in [2.75, 3.05) is 0 Å². The first-order valence-corrected chi connectivity index (χ1v) is 7.62. The lowest BCUT2D eigenvalue weighted by molar-refractivity contribution is 0.456. The van der Waals surface area contributed by atoms with Crippen LogP contribution in [0.25, 0.3) is 11.3 Å². The molecule has 0 atom stereocenters. The van der Waals surface area contributed by atoms with E-state index in [0.29, 0.717) is 6.04 Å². The van der Waals surface area contributed by atoms with E-state index in [-0.39, 0.29) is 0 Å². The molecule has 4 nitrogen and oxygen atoms in total. The molecule has 1 fully saturated rings. The molecule has 106 valence electrons. The zero-order chi connectivity index (χ0) is 13.6. The third-order valence-corrected chi connectivity index (χ3v) is 4.08. The van der Waals surface area contributed by atoms with Gasteiger partial charge < -0.3 is 5.32 Å². The first-order valence-electron chi connectivity index (χ1n) is 7.62. The normalized spacial score (nSPS) is 17.0. The van der Waals surface area contributed by atoms with Crippen LogP contribution in [0.1, 0.15) is 44.2 Å². The molecule has 2 aromatic rings. The van der Waals surface area contributed by atoms with Crippen LogP contribution in [-0.4, -0.2) is 21.5 Å². The van der Waals surface area contributed by atoms with Crippen molar-refractivity contribution in [2.24, 2.45) is 0 Å². The van der Waals surface area contributed by atoms with Crippen LogP contribution in [0.4, 0.5) is 0 Å². The molecule has 0 spiro atoms.